The van der Waals surface area contributed by atoms with Crippen molar-refractivity contribution in [3.63, 3.8) is 0 Å². The summed E-state index contributed by atoms with van der Waals surface area (Å²) < 4.78 is 41.3. The predicted octanol–water partition coefficient (Wildman–Crippen LogP) is 3.94. The molecule has 0 bridgehead atoms. The van der Waals surface area contributed by atoms with Crippen LogP contribution in [0.2, 0.25) is 0 Å². The minimum Gasteiger partial charge on any atom is -0.207 e. The zero-order valence-electron chi connectivity index (χ0n) is 11.6. The summed E-state index contributed by atoms with van der Waals surface area (Å²) in [6.45, 7) is 3.34. The first kappa shape index (κ1) is 16.1. The first-order valence-corrected chi connectivity index (χ1v) is 8.62. The van der Waals surface area contributed by atoms with Crippen molar-refractivity contribution in [2.24, 2.45) is 0 Å². The maximum absolute atomic E-state index is 13.6. The molecule has 0 radical (unpaired) electrons. The van der Waals surface area contributed by atoms with E-state index in [9.17, 15) is 12.8 Å². The van der Waals surface area contributed by atoms with Gasteiger partial charge in [0.1, 0.15) is 5.82 Å². The Morgan fingerprint density at radius 3 is 2.48 bits per heavy atom. The second kappa shape index (κ2) is 6.25. The molecular weight excluding hydrogens is 357 g/mol. The lowest BCUT2D eigenvalue weighted by atomic mass is 10.1. The average molecular weight is 372 g/mol. The van der Waals surface area contributed by atoms with E-state index < -0.39 is 16.1 Å². The van der Waals surface area contributed by atoms with Gasteiger partial charge >= 0.3 is 0 Å². The molecule has 0 amide bonds. The van der Waals surface area contributed by atoms with Crippen LogP contribution in [0.5, 0.6) is 0 Å². The van der Waals surface area contributed by atoms with Crippen LogP contribution < -0.4 is 4.72 Å². The molecule has 0 aliphatic rings. The van der Waals surface area contributed by atoms with Gasteiger partial charge in [0.05, 0.1) is 4.90 Å². The molecule has 2 rings (SSSR count). The largest absolute Gasteiger partial charge is 0.242 e. The molecular formula is C15H15BrFNO2S. The first-order valence-electron chi connectivity index (χ1n) is 6.34. The number of hydrogen-bond donors (Lipinski definition) is 1. The zero-order valence-corrected chi connectivity index (χ0v) is 14.0. The number of aryl methyl sites for hydroxylation is 1. The van der Waals surface area contributed by atoms with Crippen LogP contribution in [0.15, 0.2) is 51.8 Å². The molecule has 0 spiro atoms. The number of nitrogens with one attached hydrogen (secondary N) is 1. The highest BCUT2D eigenvalue weighted by atomic mass is 79.9. The fourth-order valence-electron chi connectivity index (χ4n) is 1.91. The van der Waals surface area contributed by atoms with E-state index in [2.05, 4.69) is 20.7 Å². The van der Waals surface area contributed by atoms with E-state index in [0.717, 1.165) is 0 Å². The number of benzene rings is 2. The molecule has 0 aromatic heterocycles. The molecule has 1 N–H and O–H groups in total. The smallest absolute Gasteiger partial charge is 0.207 e. The van der Waals surface area contributed by atoms with Crippen molar-refractivity contribution >= 4 is 26.0 Å². The predicted molar refractivity (Wildman–Crippen MR) is 84.0 cm³/mol. The van der Waals surface area contributed by atoms with Crippen molar-refractivity contribution in [2.45, 2.75) is 24.8 Å². The maximum atomic E-state index is 13.6. The standard InChI is InChI=1S/C15H15BrFNO2S/c1-10-7-8-12(9-14(10)17)11(2)18-21(19,20)15-6-4-3-5-13(15)16/h3-9,11,18H,1-2H3. The van der Waals surface area contributed by atoms with Crippen LogP contribution in [-0.2, 0) is 10.0 Å². The van der Waals surface area contributed by atoms with E-state index in [-0.39, 0.29) is 10.7 Å². The highest BCUT2D eigenvalue weighted by Crippen LogP contribution is 2.24. The third kappa shape index (κ3) is 3.70. The fraction of sp³-hybridized carbons (Fsp3) is 0.200. The lowest BCUT2D eigenvalue weighted by molar-refractivity contribution is 0.563. The van der Waals surface area contributed by atoms with Gasteiger partial charge in [0.25, 0.3) is 0 Å². The van der Waals surface area contributed by atoms with Gasteiger partial charge < -0.3 is 0 Å². The first-order chi connectivity index (χ1) is 9.81. The van der Waals surface area contributed by atoms with Gasteiger partial charge in [-0.2, -0.15) is 0 Å². The van der Waals surface area contributed by atoms with Gasteiger partial charge in [-0.15, -0.1) is 0 Å². The van der Waals surface area contributed by atoms with E-state index in [1.165, 1.54) is 12.1 Å². The van der Waals surface area contributed by atoms with Gasteiger partial charge in [-0.1, -0.05) is 24.3 Å². The van der Waals surface area contributed by atoms with Crippen LogP contribution in [0.1, 0.15) is 24.1 Å². The quantitative estimate of drug-likeness (QED) is 0.884. The SMILES string of the molecule is Cc1ccc(C(C)NS(=O)(=O)c2ccccc2Br)cc1F. The third-order valence-corrected chi connectivity index (χ3v) is 5.71. The molecule has 112 valence electrons. The van der Waals surface area contributed by atoms with Crippen LogP contribution in [0.25, 0.3) is 0 Å². The van der Waals surface area contributed by atoms with Crippen LogP contribution in [0, 0.1) is 12.7 Å². The van der Waals surface area contributed by atoms with Crippen LogP contribution in [-0.4, -0.2) is 8.42 Å². The van der Waals surface area contributed by atoms with E-state index in [0.29, 0.717) is 15.6 Å². The second-order valence-corrected chi connectivity index (χ2v) is 7.32. The number of sulfonamides is 1. The Kier molecular flexibility index (Phi) is 4.81. The maximum Gasteiger partial charge on any atom is 0.242 e. The molecule has 0 saturated carbocycles. The lowest BCUT2D eigenvalue weighted by Crippen LogP contribution is -2.27. The molecule has 3 nitrogen and oxygen atoms in total. The minimum absolute atomic E-state index is 0.157. The molecule has 21 heavy (non-hydrogen) atoms. The van der Waals surface area contributed by atoms with Gasteiger partial charge in [0.15, 0.2) is 0 Å². The highest BCUT2D eigenvalue weighted by molar-refractivity contribution is 9.10. The minimum atomic E-state index is -3.68. The normalized spacial score (nSPS) is 13.1. The van der Waals surface area contributed by atoms with Crippen molar-refractivity contribution < 1.29 is 12.8 Å². The Balaban J connectivity index is 2.28. The Morgan fingerprint density at radius 2 is 1.86 bits per heavy atom. The van der Waals surface area contributed by atoms with E-state index >= 15 is 0 Å². The number of hydrogen-bond acceptors (Lipinski definition) is 2. The number of halogens is 2. The molecule has 2 aromatic carbocycles. The van der Waals surface area contributed by atoms with Gasteiger partial charge in [-0.25, -0.2) is 17.5 Å². The van der Waals surface area contributed by atoms with Crippen molar-refractivity contribution in [3.8, 4) is 0 Å². The molecule has 2 aromatic rings. The Bertz CT molecular complexity index is 762. The summed E-state index contributed by atoms with van der Waals surface area (Å²) in [5, 5.41) is 0. The molecule has 1 atom stereocenters. The molecule has 0 aliphatic heterocycles. The number of rotatable bonds is 4. The summed E-state index contributed by atoms with van der Waals surface area (Å²) in [4.78, 5) is 0.157. The molecule has 6 heteroatoms. The lowest BCUT2D eigenvalue weighted by Gasteiger charge is -2.16. The van der Waals surface area contributed by atoms with Crippen molar-refractivity contribution in [3.05, 3.63) is 63.9 Å². The fourth-order valence-corrected chi connectivity index (χ4v) is 4.14. The Labute approximate surface area is 132 Å². The van der Waals surface area contributed by atoms with E-state index in [1.54, 1.807) is 44.2 Å². The molecule has 1 unspecified atom stereocenters. The van der Waals surface area contributed by atoms with E-state index in [4.69, 9.17) is 0 Å². The van der Waals surface area contributed by atoms with Crippen LogP contribution in [0.4, 0.5) is 4.39 Å². The molecule has 0 fully saturated rings. The second-order valence-electron chi connectivity index (χ2n) is 4.78. The van der Waals surface area contributed by atoms with Crippen molar-refractivity contribution in [1.82, 2.24) is 4.72 Å². The summed E-state index contributed by atoms with van der Waals surface area (Å²) in [7, 11) is -3.68. The highest BCUT2D eigenvalue weighted by Gasteiger charge is 2.20. The van der Waals surface area contributed by atoms with Crippen LogP contribution in [0.3, 0.4) is 0 Å². The summed E-state index contributed by atoms with van der Waals surface area (Å²) in [5.41, 5.74) is 1.10. The van der Waals surface area contributed by atoms with Crippen molar-refractivity contribution in [1.29, 1.82) is 0 Å². The van der Waals surface area contributed by atoms with Crippen molar-refractivity contribution in [2.75, 3.05) is 0 Å². The van der Waals surface area contributed by atoms with Gasteiger partial charge in [-0.05, 0) is 59.1 Å². The monoisotopic (exact) mass is 371 g/mol. The van der Waals surface area contributed by atoms with Crippen LogP contribution >= 0.6 is 15.9 Å². The molecule has 0 aliphatic carbocycles. The Hall–Kier alpha value is -1.24. The summed E-state index contributed by atoms with van der Waals surface area (Å²) in [6.07, 6.45) is 0. The molecule has 0 heterocycles. The summed E-state index contributed by atoms with van der Waals surface area (Å²) in [6, 6.07) is 10.7. The third-order valence-electron chi connectivity index (χ3n) is 3.15. The van der Waals surface area contributed by atoms with Gasteiger partial charge in [0, 0.05) is 10.5 Å². The average Bonchev–Trinajstić information content (AvgIpc) is 2.41. The summed E-state index contributed by atoms with van der Waals surface area (Å²) in [5.74, 6) is -0.348. The van der Waals surface area contributed by atoms with Gasteiger partial charge in [0.2, 0.25) is 10.0 Å². The molecule has 0 saturated heterocycles. The topological polar surface area (TPSA) is 46.2 Å². The van der Waals surface area contributed by atoms with E-state index in [1.807, 2.05) is 0 Å². The van der Waals surface area contributed by atoms with Gasteiger partial charge in [-0.3, -0.25) is 0 Å². The Morgan fingerprint density at radius 1 is 1.19 bits per heavy atom. The summed E-state index contributed by atoms with van der Waals surface area (Å²) >= 11 is 3.22. The zero-order chi connectivity index (χ0) is 15.6.